The van der Waals surface area contributed by atoms with Crippen molar-refractivity contribution in [3.8, 4) is 0 Å². The van der Waals surface area contributed by atoms with E-state index in [0.717, 1.165) is 6.07 Å². The van der Waals surface area contributed by atoms with Gasteiger partial charge in [-0.1, -0.05) is 0 Å². The molecule has 1 aromatic rings. The molecule has 114 valence electrons. The summed E-state index contributed by atoms with van der Waals surface area (Å²) in [6, 6.07) is 2.74. The molecule has 0 radical (unpaired) electrons. The zero-order valence-electron chi connectivity index (χ0n) is 11.6. The highest BCUT2D eigenvalue weighted by atomic mass is 32.2. The fraction of sp³-hybridized carbons (Fsp3) is 0.538. The topological polar surface area (TPSA) is 63.4 Å². The Hall–Kier alpha value is -1.05. The molecule has 4 nitrogen and oxygen atoms in total. The summed E-state index contributed by atoms with van der Waals surface area (Å²) in [7, 11) is -1.21. The molecule has 20 heavy (non-hydrogen) atoms. The first-order valence-electron chi connectivity index (χ1n) is 6.25. The van der Waals surface area contributed by atoms with Crippen molar-refractivity contribution in [1.82, 2.24) is 4.90 Å². The van der Waals surface area contributed by atoms with E-state index in [4.69, 9.17) is 5.73 Å². The van der Waals surface area contributed by atoms with Gasteiger partial charge in [-0.05, 0) is 37.7 Å². The van der Waals surface area contributed by atoms with Crippen molar-refractivity contribution < 1.29 is 17.2 Å². The van der Waals surface area contributed by atoms with E-state index in [-0.39, 0.29) is 5.75 Å². The number of nitrogens with two attached hydrogens (primary N) is 1. The zero-order valence-corrected chi connectivity index (χ0v) is 12.5. The molecule has 0 saturated heterocycles. The van der Waals surface area contributed by atoms with Crippen LogP contribution < -0.4 is 5.73 Å². The maximum atomic E-state index is 13.1. The van der Waals surface area contributed by atoms with Gasteiger partial charge in [-0.2, -0.15) is 0 Å². The van der Waals surface area contributed by atoms with E-state index in [1.54, 1.807) is 7.05 Å². The second kappa shape index (κ2) is 7.10. The first-order chi connectivity index (χ1) is 9.17. The minimum atomic E-state index is -2.99. The summed E-state index contributed by atoms with van der Waals surface area (Å²) < 4.78 is 48.2. The van der Waals surface area contributed by atoms with E-state index in [0.29, 0.717) is 25.1 Å². The average Bonchev–Trinajstić information content (AvgIpc) is 2.31. The van der Waals surface area contributed by atoms with Crippen LogP contribution in [0.1, 0.15) is 18.0 Å². The third-order valence-electron chi connectivity index (χ3n) is 2.98. The lowest BCUT2D eigenvalue weighted by molar-refractivity contribution is 0.335. The summed E-state index contributed by atoms with van der Waals surface area (Å²) in [4.78, 5) is 1.83. The van der Waals surface area contributed by atoms with Gasteiger partial charge in [0.15, 0.2) is 0 Å². The van der Waals surface area contributed by atoms with E-state index in [1.165, 1.54) is 18.4 Å². The maximum absolute atomic E-state index is 13.1. The van der Waals surface area contributed by atoms with Crippen LogP contribution in [0.4, 0.5) is 8.78 Å². The number of benzene rings is 1. The number of rotatable bonds is 7. The number of sulfone groups is 1. The summed E-state index contributed by atoms with van der Waals surface area (Å²) in [5, 5.41) is 0. The quantitative estimate of drug-likeness (QED) is 0.825. The van der Waals surface area contributed by atoms with Crippen LogP contribution in [0.15, 0.2) is 18.2 Å². The van der Waals surface area contributed by atoms with Gasteiger partial charge in [-0.3, -0.25) is 0 Å². The number of hydrogen-bond acceptors (Lipinski definition) is 4. The highest BCUT2D eigenvalue weighted by Gasteiger charge is 2.11. The van der Waals surface area contributed by atoms with Crippen molar-refractivity contribution in [1.29, 1.82) is 0 Å². The van der Waals surface area contributed by atoms with Gasteiger partial charge >= 0.3 is 0 Å². The molecule has 1 aromatic carbocycles. The number of hydrogen-bond donors (Lipinski definition) is 1. The lowest BCUT2D eigenvalue weighted by Crippen LogP contribution is -2.28. The van der Waals surface area contributed by atoms with Gasteiger partial charge in [0.25, 0.3) is 0 Å². The molecule has 0 fully saturated rings. The molecule has 0 aromatic heterocycles. The van der Waals surface area contributed by atoms with Gasteiger partial charge in [-0.15, -0.1) is 0 Å². The lowest BCUT2D eigenvalue weighted by atomic mass is 10.0. The molecule has 0 bridgehead atoms. The summed E-state index contributed by atoms with van der Waals surface area (Å²) in [6.07, 6.45) is 1.67. The van der Waals surface area contributed by atoms with E-state index in [9.17, 15) is 17.2 Å². The Morgan fingerprint density at radius 1 is 1.20 bits per heavy atom. The van der Waals surface area contributed by atoms with Crippen molar-refractivity contribution in [2.75, 3.05) is 32.1 Å². The molecule has 0 aliphatic heterocycles. The van der Waals surface area contributed by atoms with E-state index in [2.05, 4.69) is 0 Å². The third kappa shape index (κ3) is 6.40. The van der Waals surface area contributed by atoms with Gasteiger partial charge in [0.2, 0.25) is 0 Å². The maximum Gasteiger partial charge on any atom is 0.148 e. The van der Waals surface area contributed by atoms with Crippen LogP contribution in [-0.2, 0) is 9.84 Å². The highest BCUT2D eigenvalue weighted by molar-refractivity contribution is 7.90. The fourth-order valence-electron chi connectivity index (χ4n) is 1.75. The molecular weight excluding hydrogens is 286 g/mol. The molecule has 0 amide bonds. The smallest absolute Gasteiger partial charge is 0.148 e. The second-order valence-corrected chi connectivity index (χ2v) is 7.29. The van der Waals surface area contributed by atoms with Crippen molar-refractivity contribution in [2.45, 2.75) is 12.5 Å². The van der Waals surface area contributed by atoms with Gasteiger partial charge < -0.3 is 10.6 Å². The van der Waals surface area contributed by atoms with Gasteiger partial charge in [-0.25, -0.2) is 17.2 Å². The van der Waals surface area contributed by atoms with Crippen molar-refractivity contribution in [3.05, 3.63) is 35.4 Å². The zero-order chi connectivity index (χ0) is 15.3. The highest BCUT2D eigenvalue weighted by Crippen LogP contribution is 2.17. The predicted octanol–water partition coefficient (Wildman–Crippen LogP) is 1.33. The Bertz CT molecular complexity index is 529. The Kier molecular flexibility index (Phi) is 6.04. The largest absolute Gasteiger partial charge is 0.324 e. The monoisotopic (exact) mass is 306 g/mol. The second-order valence-electron chi connectivity index (χ2n) is 5.03. The molecule has 1 rings (SSSR count). The summed E-state index contributed by atoms with van der Waals surface area (Å²) in [5.41, 5.74) is 6.29. The van der Waals surface area contributed by atoms with Crippen LogP contribution in [-0.4, -0.2) is 45.5 Å². The SMILES string of the molecule is CN(CCC(N)c1cc(F)cc(F)c1)CCS(C)(=O)=O. The van der Waals surface area contributed by atoms with E-state index < -0.39 is 27.5 Å². The molecule has 0 aliphatic rings. The van der Waals surface area contributed by atoms with Gasteiger partial charge in [0.1, 0.15) is 21.5 Å². The van der Waals surface area contributed by atoms with Crippen LogP contribution in [0, 0.1) is 11.6 Å². The summed E-state index contributed by atoms with van der Waals surface area (Å²) in [5.74, 6) is -1.23. The molecule has 1 unspecified atom stereocenters. The van der Waals surface area contributed by atoms with Crippen LogP contribution in [0.25, 0.3) is 0 Å². The first-order valence-corrected chi connectivity index (χ1v) is 8.31. The Morgan fingerprint density at radius 3 is 2.25 bits per heavy atom. The fourth-order valence-corrected chi connectivity index (χ4v) is 2.39. The normalized spacial score (nSPS) is 13.7. The van der Waals surface area contributed by atoms with Crippen LogP contribution >= 0.6 is 0 Å². The third-order valence-corrected chi connectivity index (χ3v) is 3.90. The van der Waals surface area contributed by atoms with Crippen LogP contribution in [0.3, 0.4) is 0 Å². The van der Waals surface area contributed by atoms with Crippen LogP contribution in [0.2, 0.25) is 0 Å². The minimum Gasteiger partial charge on any atom is -0.324 e. The standard InChI is InChI=1S/C13H20F2N2O2S/c1-17(5-6-20(2,18)19)4-3-13(16)10-7-11(14)9-12(15)8-10/h7-9,13H,3-6,16H2,1-2H3. The van der Waals surface area contributed by atoms with Gasteiger partial charge in [0.05, 0.1) is 5.75 Å². The van der Waals surface area contributed by atoms with Crippen molar-refractivity contribution in [3.63, 3.8) is 0 Å². The van der Waals surface area contributed by atoms with Crippen molar-refractivity contribution in [2.24, 2.45) is 5.73 Å². The van der Waals surface area contributed by atoms with Gasteiger partial charge in [0, 0.05) is 24.9 Å². The number of halogens is 2. The van der Waals surface area contributed by atoms with E-state index >= 15 is 0 Å². The molecule has 1 atom stereocenters. The molecule has 2 N–H and O–H groups in total. The average molecular weight is 306 g/mol. The summed E-state index contributed by atoms with van der Waals surface area (Å²) in [6.45, 7) is 0.956. The molecule has 0 aliphatic carbocycles. The van der Waals surface area contributed by atoms with E-state index in [1.807, 2.05) is 4.90 Å². The molecular formula is C13H20F2N2O2S. The summed E-state index contributed by atoms with van der Waals surface area (Å²) >= 11 is 0. The first kappa shape index (κ1) is 17.0. The lowest BCUT2D eigenvalue weighted by Gasteiger charge is -2.19. The minimum absolute atomic E-state index is 0.0767. The number of nitrogens with zero attached hydrogens (tertiary/aromatic N) is 1. The Morgan fingerprint density at radius 2 is 1.75 bits per heavy atom. The molecule has 0 heterocycles. The molecule has 7 heteroatoms. The molecule has 0 saturated carbocycles. The predicted molar refractivity (Wildman–Crippen MR) is 75.1 cm³/mol. The van der Waals surface area contributed by atoms with Crippen molar-refractivity contribution >= 4 is 9.84 Å². The Labute approximate surface area is 118 Å². The molecule has 0 spiro atoms. The van der Waals surface area contributed by atoms with Crippen LogP contribution in [0.5, 0.6) is 0 Å². The Balaban J connectivity index is 2.48.